The molecular formula is C24H31N3O3S. The number of sulfonamides is 1. The van der Waals surface area contributed by atoms with Crippen LogP contribution in [-0.2, 0) is 16.6 Å². The lowest BCUT2D eigenvalue weighted by Gasteiger charge is -2.31. The Balaban J connectivity index is 1.50. The lowest BCUT2D eigenvalue weighted by Crippen LogP contribution is -2.37. The molecule has 2 aromatic heterocycles. The summed E-state index contributed by atoms with van der Waals surface area (Å²) in [5, 5.41) is 1.19. The van der Waals surface area contributed by atoms with Gasteiger partial charge < -0.3 is 9.30 Å². The van der Waals surface area contributed by atoms with Crippen molar-refractivity contribution in [1.82, 2.24) is 13.9 Å². The van der Waals surface area contributed by atoms with E-state index in [2.05, 4.69) is 29.8 Å². The fourth-order valence-corrected chi connectivity index (χ4v) is 5.84. The number of benzene rings is 1. The van der Waals surface area contributed by atoms with Crippen molar-refractivity contribution in [3.05, 3.63) is 53.9 Å². The van der Waals surface area contributed by atoms with Crippen molar-refractivity contribution >= 4 is 21.1 Å². The third-order valence-corrected chi connectivity index (χ3v) is 7.87. The summed E-state index contributed by atoms with van der Waals surface area (Å²) in [4.78, 5) is 5.05. The van der Waals surface area contributed by atoms with Crippen molar-refractivity contribution in [2.45, 2.75) is 64.0 Å². The first-order valence-electron chi connectivity index (χ1n) is 11.0. The van der Waals surface area contributed by atoms with Gasteiger partial charge in [0.15, 0.2) is 0 Å². The van der Waals surface area contributed by atoms with Gasteiger partial charge in [0, 0.05) is 36.9 Å². The predicted molar refractivity (Wildman–Crippen MR) is 123 cm³/mol. The summed E-state index contributed by atoms with van der Waals surface area (Å²) in [5.41, 5.74) is 3.32. The van der Waals surface area contributed by atoms with Crippen LogP contribution in [0.3, 0.4) is 0 Å². The zero-order valence-corrected chi connectivity index (χ0v) is 19.5. The van der Waals surface area contributed by atoms with Crippen molar-refractivity contribution < 1.29 is 13.2 Å². The molecule has 1 aromatic carbocycles. The molecule has 1 aliphatic heterocycles. The Morgan fingerprint density at radius 3 is 2.39 bits per heavy atom. The number of hydrogen-bond acceptors (Lipinski definition) is 4. The average Bonchev–Trinajstić information content (AvgIpc) is 3.11. The van der Waals surface area contributed by atoms with Crippen LogP contribution in [0.15, 0.2) is 47.5 Å². The minimum Gasteiger partial charge on any atom is -0.491 e. The molecule has 0 aliphatic carbocycles. The minimum atomic E-state index is -3.50. The van der Waals surface area contributed by atoms with E-state index < -0.39 is 10.0 Å². The second-order valence-electron chi connectivity index (χ2n) is 8.51. The molecule has 1 aliphatic rings. The highest BCUT2D eigenvalue weighted by Gasteiger charge is 2.31. The number of rotatable bonds is 6. The molecule has 31 heavy (non-hydrogen) atoms. The van der Waals surface area contributed by atoms with E-state index in [4.69, 9.17) is 9.72 Å². The summed E-state index contributed by atoms with van der Waals surface area (Å²) in [6.45, 7) is 9.95. The first-order chi connectivity index (χ1) is 14.8. The smallest absolute Gasteiger partial charge is 0.243 e. The van der Waals surface area contributed by atoms with Crippen molar-refractivity contribution in [2.75, 3.05) is 13.1 Å². The van der Waals surface area contributed by atoms with E-state index in [-0.39, 0.29) is 6.10 Å². The Bertz CT molecular complexity index is 1160. The zero-order chi connectivity index (χ0) is 22.2. The molecule has 0 amide bonds. The number of aromatic nitrogens is 2. The molecule has 3 heterocycles. The predicted octanol–water partition coefficient (Wildman–Crippen LogP) is 4.72. The largest absolute Gasteiger partial charge is 0.491 e. The Morgan fingerprint density at radius 2 is 1.77 bits per heavy atom. The van der Waals surface area contributed by atoms with Crippen LogP contribution in [-0.4, -0.2) is 41.5 Å². The Hall–Kier alpha value is -2.38. The van der Waals surface area contributed by atoms with E-state index in [0.717, 1.165) is 30.7 Å². The number of nitrogens with zero attached hydrogens (tertiary/aromatic N) is 3. The molecule has 1 saturated heterocycles. The Morgan fingerprint density at radius 1 is 1.10 bits per heavy atom. The molecule has 0 spiro atoms. The number of hydrogen-bond donors (Lipinski definition) is 0. The molecule has 0 bridgehead atoms. The first kappa shape index (κ1) is 21.8. The van der Waals surface area contributed by atoms with Crippen molar-refractivity contribution in [1.29, 1.82) is 0 Å². The fourth-order valence-electron chi connectivity index (χ4n) is 4.37. The number of ether oxygens (including phenoxy) is 1. The molecule has 0 N–H and O–H groups in total. The summed E-state index contributed by atoms with van der Waals surface area (Å²) in [5.74, 6) is 1.02. The van der Waals surface area contributed by atoms with Gasteiger partial charge in [-0.2, -0.15) is 4.31 Å². The molecule has 4 rings (SSSR count). The molecule has 1 fully saturated rings. The van der Waals surface area contributed by atoms with Crippen LogP contribution in [0, 0.1) is 6.92 Å². The monoisotopic (exact) mass is 441 g/mol. The molecule has 0 radical (unpaired) electrons. The Labute approximate surface area is 184 Å². The van der Waals surface area contributed by atoms with Gasteiger partial charge in [-0.25, -0.2) is 13.4 Å². The van der Waals surface area contributed by atoms with E-state index in [1.165, 1.54) is 10.9 Å². The molecule has 0 unspecified atom stereocenters. The van der Waals surface area contributed by atoms with E-state index in [1.807, 2.05) is 20.8 Å². The van der Waals surface area contributed by atoms with Gasteiger partial charge in [0.2, 0.25) is 10.0 Å². The summed E-state index contributed by atoms with van der Waals surface area (Å²) < 4.78 is 35.7. The highest BCUT2D eigenvalue weighted by atomic mass is 32.2. The van der Waals surface area contributed by atoms with Crippen LogP contribution in [0.2, 0.25) is 0 Å². The van der Waals surface area contributed by atoms with E-state index >= 15 is 0 Å². The van der Waals surface area contributed by atoms with Crippen molar-refractivity contribution in [3.8, 4) is 5.75 Å². The maximum atomic E-state index is 13.1. The molecule has 166 valence electrons. The molecule has 0 atom stereocenters. The minimum absolute atomic E-state index is 0.0549. The molecule has 7 heteroatoms. The van der Waals surface area contributed by atoms with Gasteiger partial charge in [-0.15, -0.1) is 0 Å². The number of piperidine rings is 1. The van der Waals surface area contributed by atoms with Crippen LogP contribution < -0.4 is 4.74 Å². The summed E-state index contributed by atoms with van der Waals surface area (Å²) in [6, 6.07) is 11.0. The third-order valence-electron chi connectivity index (χ3n) is 5.96. The van der Waals surface area contributed by atoms with Gasteiger partial charge in [-0.1, -0.05) is 0 Å². The third kappa shape index (κ3) is 4.34. The topological polar surface area (TPSA) is 64.4 Å². The second-order valence-corrected chi connectivity index (χ2v) is 10.4. The first-order valence-corrected chi connectivity index (χ1v) is 12.5. The highest BCUT2D eigenvalue weighted by Crippen LogP contribution is 2.35. The summed E-state index contributed by atoms with van der Waals surface area (Å²) in [6.07, 6.45) is 3.88. The van der Waals surface area contributed by atoms with Crippen LogP contribution in [0.25, 0.3) is 11.0 Å². The van der Waals surface area contributed by atoms with Crippen LogP contribution in [0.5, 0.6) is 5.75 Å². The van der Waals surface area contributed by atoms with Gasteiger partial charge in [-0.3, -0.25) is 0 Å². The second kappa shape index (κ2) is 8.63. The van der Waals surface area contributed by atoms with E-state index in [1.54, 1.807) is 28.6 Å². The van der Waals surface area contributed by atoms with Gasteiger partial charge in [0.1, 0.15) is 11.4 Å². The van der Waals surface area contributed by atoms with E-state index in [9.17, 15) is 8.42 Å². The highest BCUT2D eigenvalue weighted by molar-refractivity contribution is 7.89. The SMILES string of the molecule is CCn1cc(C2CCN(S(=O)(=O)c3ccc(OC(C)C)cc3)CC2)c2ccc(C)nc21. The lowest BCUT2D eigenvalue weighted by molar-refractivity contribution is 0.242. The Kier molecular flexibility index (Phi) is 6.08. The van der Waals surface area contributed by atoms with Crippen LogP contribution >= 0.6 is 0 Å². The maximum absolute atomic E-state index is 13.1. The van der Waals surface area contributed by atoms with Crippen LogP contribution in [0.1, 0.15) is 50.8 Å². The molecular weight excluding hydrogens is 410 g/mol. The fraction of sp³-hybridized carbons (Fsp3) is 0.458. The van der Waals surface area contributed by atoms with Gasteiger partial charge in [-0.05, 0) is 88.4 Å². The van der Waals surface area contributed by atoms with Crippen molar-refractivity contribution in [2.24, 2.45) is 0 Å². The van der Waals surface area contributed by atoms with Gasteiger partial charge in [0.05, 0.1) is 11.0 Å². The summed E-state index contributed by atoms with van der Waals surface area (Å²) in [7, 11) is -3.50. The number of pyridine rings is 1. The maximum Gasteiger partial charge on any atom is 0.243 e. The average molecular weight is 442 g/mol. The standard InChI is InChI=1S/C24H31N3O3S/c1-5-26-16-23(22-11-6-18(4)25-24(22)26)19-12-14-27(15-13-19)31(28,29)21-9-7-20(8-10-21)30-17(2)3/h6-11,16-17,19H,5,12-15H2,1-4H3. The number of aryl methyl sites for hydroxylation is 2. The van der Waals surface area contributed by atoms with Crippen molar-refractivity contribution in [3.63, 3.8) is 0 Å². The van der Waals surface area contributed by atoms with E-state index in [0.29, 0.717) is 29.7 Å². The lowest BCUT2D eigenvalue weighted by atomic mass is 9.90. The van der Waals surface area contributed by atoms with Gasteiger partial charge >= 0.3 is 0 Å². The normalized spacial score (nSPS) is 16.3. The molecule has 6 nitrogen and oxygen atoms in total. The summed E-state index contributed by atoms with van der Waals surface area (Å²) >= 11 is 0. The number of fused-ring (bicyclic) bond motifs is 1. The quantitative estimate of drug-likeness (QED) is 0.555. The van der Waals surface area contributed by atoms with Crippen LogP contribution in [0.4, 0.5) is 0 Å². The zero-order valence-electron chi connectivity index (χ0n) is 18.7. The molecule has 0 saturated carbocycles. The van der Waals surface area contributed by atoms with Gasteiger partial charge in [0.25, 0.3) is 0 Å². The molecule has 3 aromatic rings.